The van der Waals surface area contributed by atoms with Gasteiger partial charge < -0.3 is 15.2 Å². The summed E-state index contributed by atoms with van der Waals surface area (Å²) >= 11 is 0. The van der Waals surface area contributed by atoms with Crippen LogP contribution in [0.5, 0.6) is 0 Å². The van der Waals surface area contributed by atoms with E-state index in [4.69, 9.17) is 21.6 Å². The molecule has 0 fully saturated rings. The molecule has 0 saturated carbocycles. The lowest BCUT2D eigenvalue weighted by Gasteiger charge is -2.21. The molecule has 0 aliphatic heterocycles. The van der Waals surface area contributed by atoms with Gasteiger partial charge in [0.15, 0.2) is 5.54 Å². The van der Waals surface area contributed by atoms with Crippen LogP contribution in [0.3, 0.4) is 0 Å². The summed E-state index contributed by atoms with van der Waals surface area (Å²) in [5.74, 6) is 2.32. The van der Waals surface area contributed by atoms with Crippen LogP contribution in [0.2, 0.25) is 0 Å². The number of terminal acetylenes is 1. The molecule has 0 bridgehead atoms. The van der Waals surface area contributed by atoms with Crippen LogP contribution in [0.25, 0.3) is 0 Å². The molecular weight excluding hydrogens is 294 g/mol. The monoisotopic (exact) mass is 325 g/mol. The highest BCUT2D eigenvalue weighted by molar-refractivity contribution is 5.84. The third-order valence-corrected chi connectivity index (χ3v) is 3.46. The van der Waals surface area contributed by atoms with Crippen molar-refractivity contribution in [1.29, 1.82) is 0 Å². The van der Waals surface area contributed by atoms with Crippen LogP contribution in [-0.4, -0.2) is 30.7 Å². The molecule has 0 aromatic rings. The highest BCUT2D eigenvalue weighted by atomic mass is 16.5. The minimum Gasteiger partial charge on any atom is -0.466 e. The first-order valence-corrected chi connectivity index (χ1v) is 8.30. The van der Waals surface area contributed by atoms with Crippen molar-refractivity contribution < 1.29 is 19.1 Å². The molecule has 1 atom stereocenters. The highest BCUT2D eigenvalue weighted by Crippen LogP contribution is 2.14. The first-order chi connectivity index (χ1) is 10.7. The summed E-state index contributed by atoms with van der Waals surface area (Å²) in [4.78, 5) is 23.6. The first-order valence-electron chi connectivity index (χ1n) is 8.30. The average Bonchev–Trinajstić information content (AvgIpc) is 2.46. The number of hydrogen-bond acceptors (Lipinski definition) is 5. The maximum Gasteiger partial charge on any atom is 0.338 e. The van der Waals surface area contributed by atoms with Crippen LogP contribution in [0, 0.1) is 24.2 Å². The van der Waals surface area contributed by atoms with Crippen molar-refractivity contribution >= 4 is 11.9 Å². The zero-order valence-electron chi connectivity index (χ0n) is 14.9. The van der Waals surface area contributed by atoms with Crippen molar-refractivity contribution in [3.05, 3.63) is 0 Å². The topological polar surface area (TPSA) is 78.6 Å². The lowest BCUT2D eigenvalue weighted by molar-refractivity contribution is -0.149. The number of carbonyl (C=O) groups is 2. The second-order valence-corrected chi connectivity index (χ2v) is 6.69. The molecule has 0 radical (unpaired) electrons. The Hall–Kier alpha value is -1.54. The van der Waals surface area contributed by atoms with E-state index < -0.39 is 11.5 Å². The SMILES string of the molecule is C#CC(N)(CCCC(=O)OCCC(C)C)C(=O)OCCC(C)C. The van der Waals surface area contributed by atoms with Crippen molar-refractivity contribution in [3.8, 4) is 12.3 Å². The van der Waals surface area contributed by atoms with Gasteiger partial charge in [-0.05, 0) is 37.5 Å². The Balaban J connectivity index is 4.13. The largest absolute Gasteiger partial charge is 0.466 e. The van der Waals surface area contributed by atoms with Gasteiger partial charge in [-0.3, -0.25) is 4.79 Å². The molecule has 2 N–H and O–H groups in total. The molecule has 0 heterocycles. The molecule has 0 saturated heterocycles. The van der Waals surface area contributed by atoms with Gasteiger partial charge in [0.25, 0.3) is 0 Å². The Kier molecular flexibility index (Phi) is 10.3. The molecule has 23 heavy (non-hydrogen) atoms. The summed E-state index contributed by atoms with van der Waals surface area (Å²) < 4.78 is 10.2. The minimum atomic E-state index is -1.48. The van der Waals surface area contributed by atoms with Crippen LogP contribution in [0.1, 0.15) is 59.8 Å². The van der Waals surface area contributed by atoms with Gasteiger partial charge in [-0.1, -0.05) is 33.6 Å². The summed E-state index contributed by atoms with van der Waals surface area (Å²) in [6.45, 7) is 8.92. The normalized spacial score (nSPS) is 13.5. The van der Waals surface area contributed by atoms with Crippen molar-refractivity contribution in [2.75, 3.05) is 13.2 Å². The summed E-state index contributed by atoms with van der Waals surface area (Å²) in [5, 5.41) is 0. The fraction of sp³-hybridized carbons (Fsp3) is 0.778. The summed E-state index contributed by atoms with van der Waals surface area (Å²) in [7, 11) is 0. The zero-order chi connectivity index (χ0) is 17.9. The van der Waals surface area contributed by atoms with E-state index in [2.05, 4.69) is 19.8 Å². The van der Waals surface area contributed by atoms with Gasteiger partial charge in [0.05, 0.1) is 13.2 Å². The van der Waals surface area contributed by atoms with Gasteiger partial charge in [0.1, 0.15) is 0 Å². The zero-order valence-corrected chi connectivity index (χ0v) is 14.9. The predicted octanol–water partition coefficient (Wildman–Crippen LogP) is 2.67. The van der Waals surface area contributed by atoms with Crippen LogP contribution in [-0.2, 0) is 19.1 Å². The quantitative estimate of drug-likeness (QED) is 0.467. The van der Waals surface area contributed by atoms with E-state index in [-0.39, 0.29) is 18.8 Å². The van der Waals surface area contributed by atoms with E-state index in [1.807, 2.05) is 13.8 Å². The third kappa shape index (κ3) is 9.96. The fourth-order valence-corrected chi connectivity index (χ4v) is 1.74. The van der Waals surface area contributed by atoms with Gasteiger partial charge in [-0.15, -0.1) is 6.42 Å². The molecular formula is C18H31NO4. The lowest BCUT2D eigenvalue weighted by atomic mass is 9.95. The second kappa shape index (κ2) is 11.1. The maximum absolute atomic E-state index is 12.0. The average molecular weight is 325 g/mol. The minimum absolute atomic E-state index is 0.192. The summed E-state index contributed by atoms with van der Waals surface area (Å²) in [6.07, 6.45) is 7.75. The van der Waals surface area contributed by atoms with Gasteiger partial charge in [-0.2, -0.15) is 0 Å². The number of nitrogens with two attached hydrogens (primary N) is 1. The van der Waals surface area contributed by atoms with Crippen LogP contribution >= 0.6 is 0 Å². The van der Waals surface area contributed by atoms with Crippen molar-refractivity contribution in [2.45, 2.75) is 65.3 Å². The van der Waals surface area contributed by atoms with Crippen molar-refractivity contribution in [3.63, 3.8) is 0 Å². The van der Waals surface area contributed by atoms with Gasteiger partial charge in [0.2, 0.25) is 0 Å². The smallest absolute Gasteiger partial charge is 0.338 e. The van der Waals surface area contributed by atoms with Gasteiger partial charge >= 0.3 is 11.9 Å². The highest BCUT2D eigenvalue weighted by Gasteiger charge is 2.33. The van der Waals surface area contributed by atoms with Gasteiger partial charge in [0, 0.05) is 6.42 Å². The number of rotatable bonds is 11. The van der Waals surface area contributed by atoms with Gasteiger partial charge in [-0.25, -0.2) is 4.79 Å². The molecule has 1 unspecified atom stereocenters. The van der Waals surface area contributed by atoms with E-state index in [1.54, 1.807) is 0 Å². The van der Waals surface area contributed by atoms with E-state index in [1.165, 1.54) is 0 Å². The first kappa shape index (κ1) is 21.5. The molecule has 0 aliphatic carbocycles. The number of ether oxygens (including phenoxy) is 2. The molecule has 132 valence electrons. The summed E-state index contributed by atoms with van der Waals surface area (Å²) in [6, 6.07) is 0. The van der Waals surface area contributed by atoms with E-state index in [0.717, 1.165) is 12.8 Å². The fourth-order valence-electron chi connectivity index (χ4n) is 1.74. The Bertz CT molecular complexity index is 412. The van der Waals surface area contributed by atoms with Crippen LogP contribution in [0.15, 0.2) is 0 Å². The third-order valence-electron chi connectivity index (χ3n) is 3.46. The van der Waals surface area contributed by atoms with Crippen molar-refractivity contribution in [1.82, 2.24) is 0 Å². The molecule has 0 aliphatic rings. The molecule has 0 rings (SSSR count). The maximum atomic E-state index is 12.0. The summed E-state index contributed by atoms with van der Waals surface area (Å²) in [5.41, 5.74) is 4.44. The predicted molar refractivity (Wildman–Crippen MR) is 90.4 cm³/mol. The Labute approximate surface area is 140 Å². The standard InChI is InChI=1S/C18H31NO4/c1-6-18(19,17(21)23-13-10-15(4)5)11-7-8-16(20)22-12-9-14(2)3/h1,14-15H,7-13,19H2,2-5H3. The number of hydrogen-bond donors (Lipinski definition) is 1. The number of esters is 2. The van der Waals surface area contributed by atoms with Crippen LogP contribution in [0.4, 0.5) is 0 Å². The molecule has 0 aromatic heterocycles. The Morgan fingerprint density at radius 3 is 2.09 bits per heavy atom. The van der Waals surface area contributed by atoms with Crippen molar-refractivity contribution in [2.24, 2.45) is 17.6 Å². The molecule has 5 heteroatoms. The molecule has 0 amide bonds. The Morgan fingerprint density at radius 2 is 1.61 bits per heavy atom. The molecule has 0 spiro atoms. The molecule has 5 nitrogen and oxygen atoms in total. The van der Waals surface area contributed by atoms with Crippen LogP contribution < -0.4 is 5.73 Å². The number of carbonyl (C=O) groups excluding carboxylic acids is 2. The van der Waals surface area contributed by atoms with E-state index >= 15 is 0 Å². The second-order valence-electron chi connectivity index (χ2n) is 6.69. The lowest BCUT2D eigenvalue weighted by Crippen LogP contribution is -2.48. The van der Waals surface area contributed by atoms with E-state index in [9.17, 15) is 9.59 Å². The Morgan fingerprint density at radius 1 is 1.09 bits per heavy atom. The molecule has 0 aromatic carbocycles. The van der Waals surface area contributed by atoms with E-state index in [0.29, 0.717) is 31.5 Å².